The van der Waals surface area contributed by atoms with Gasteiger partial charge in [-0.25, -0.2) is 8.78 Å². The van der Waals surface area contributed by atoms with Crippen LogP contribution in [0.3, 0.4) is 0 Å². The Morgan fingerprint density at radius 1 is 0.865 bits per heavy atom. The fourth-order valence-corrected chi connectivity index (χ4v) is 4.84. The summed E-state index contributed by atoms with van der Waals surface area (Å²) in [5.74, 6) is -2.20. The molecule has 0 radical (unpaired) electrons. The molecule has 0 aliphatic carbocycles. The normalized spacial score (nSPS) is 17.5. The molecule has 5 heteroatoms. The zero-order valence-electron chi connectivity index (χ0n) is 21.4. The van der Waals surface area contributed by atoms with Crippen LogP contribution in [0.1, 0.15) is 63.4 Å². The Hall–Kier alpha value is -3.05. The molecule has 1 aliphatic heterocycles. The van der Waals surface area contributed by atoms with Crippen LogP contribution in [0.15, 0.2) is 67.3 Å². The molecule has 1 heterocycles. The van der Waals surface area contributed by atoms with Gasteiger partial charge >= 0.3 is 0 Å². The molecule has 2 unspecified atom stereocenters. The molecule has 37 heavy (non-hydrogen) atoms. The van der Waals surface area contributed by atoms with Crippen LogP contribution in [-0.2, 0) is 4.74 Å². The van der Waals surface area contributed by atoms with Crippen molar-refractivity contribution in [2.75, 3.05) is 13.2 Å². The van der Waals surface area contributed by atoms with Gasteiger partial charge in [0.1, 0.15) is 5.82 Å². The van der Waals surface area contributed by atoms with Gasteiger partial charge in [0, 0.05) is 11.5 Å². The lowest BCUT2D eigenvalue weighted by Gasteiger charge is -2.27. The molecular formula is C32H35F3O2. The van der Waals surface area contributed by atoms with Crippen LogP contribution < -0.4 is 4.74 Å². The minimum absolute atomic E-state index is 0.0264. The van der Waals surface area contributed by atoms with Gasteiger partial charge in [-0.3, -0.25) is 0 Å². The van der Waals surface area contributed by atoms with E-state index in [4.69, 9.17) is 9.47 Å². The summed E-state index contributed by atoms with van der Waals surface area (Å²) in [4.78, 5) is 0. The van der Waals surface area contributed by atoms with E-state index >= 15 is 0 Å². The van der Waals surface area contributed by atoms with E-state index in [1.165, 1.54) is 24.6 Å². The Morgan fingerprint density at radius 3 is 2.27 bits per heavy atom. The Morgan fingerprint density at radius 2 is 1.59 bits per heavy atom. The Labute approximate surface area is 218 Å². The van der Waals surface area contributed by atoms with E-state index in [1.807, 2.05) is 12.1 Å². The van der Waals surface area contributed by atoms with E-state index in [1.54, 1.807) is 30.3 Å². The average Bonchev–Trinajstić information content (AvgIpc) is 2.93. The fraction of sp³-hybridized carbons (Fsp3) is 0.375. The molecule has 0 saturated carbocycles. The van der Waals surface area contributed by atoms with Crippen molar-refractivity contribution in [3.63, 3.8) is 0 Å². The molecule has 0 amide bonds. The van der Waals surface area contributed by atoms with Gasteiger partial charge < -0.3 is 9.47 Å². The summed E-state index contributed by atoms with van der Waals surface area (Å²) < 4.78 is 55.7. The van der Waals surface area contributed by atoms with Gasteiger partial charge in [0.2, 0.25) is 5.82 Å². The molecule has 3 aromatic rings. The third kappa shape index (κ3) is 6.64. The average molecular weight is 509 g/mol. The number of hydrogen-bond acceptors (Lipinski definition) is 2. The summed E-state index contributed by atoms with van der Waals surface area (Å²) in [6.07, 6.45) is 8.79. The molecule has 0 aromatic heterocycles. The molecular weight excluding hydrogens is 473 g/mol. The Kier molecular flexibility index (Phi) is 9.45. The summed E-state index contributed by atoms with van der Waals surface area (Å²) in [6, 6.07) is 15.3. The van der Waals surface area contributed by atoms with Crippen molar-refractivity contribution < 1.29 is 22.6 Å². The second kappa shape index (κ2) is 13.0. The van der Waals surface area contributed by atoms with Crippen molar-refractivity contribution >= 4 is 0 Å². The van der Waals surface area contributed by atoms with Gasteiger partial charge in [0.05, 0.1) is 19.3 Å². The molecule has 2 atom stereocenters. The lowest BCUT2D eigenvalue weighted by molar-refractivity contribution is 0.0321. The predicted octanol–water partition coefficient (Wildman–Crippen LogP) is 9.24. The maximum absolute atomic E-state index is 15.0. The zero-order chi connectivity index (χ0) is 26.2. The topological polar surface area (TPSA) is 18.5 Å². The minimum Gasteiger partial charge on any atom is -0.490 e. The van der Waals surface area contributed by atoms with Crippen LogP contribution in [0.25, 0.3) is 22.3 Å². The standard InChI is InChI=1S/C32H35F3O2/c1-3-5-6-7-8-19-36-30-18-17-28(31(34)32(30)35)23-11-9-22(10-12-23)24-14-16-27(29(33)20-24)25-13-15-26(4-2)37-21-25/h4,9-12,14,16-18,20,25-26H,2-3,5-8,13,15,19,21H2,1H3. The Bertz CT molecular complexity index is 1180. The number of halogens is 3. The number of unbranched alkanes of at least 4 members (excludes halogenated alkanes) is 4. The van der Waals surface area contributed by atoms with E-state index in [0.717, 1.165) is 49.7 Å². The summed E-state index contributed by atoms with van der Waals surface area (Å²) in [7, 11) is 0. The second-order valence-corrected chi connectivity index (χ2v) is 9.70. The highest BCUT2D eigenvalue weighted by Crippen LogP contribution is 2.34. The third-order valence-corrected chi connectivity index (χ3v) is 7.10. The highest BCUT2D eigenvalue weighted by molar-refractivity contribution is 5.71. The van der Waals surface area contributed by atoms with E-state index in [-0.39, 0.29) is 29.2 Å². The molecule has 0 spiro atoms. The van der Waals surface area contributed by atoms with Crippen LogP contribution in [-0.4, -0.2) is 19.3 Å². The van der Waals surface area contributed by atoms with Gasteiger partial charge in [-0.2, -0.15) is 4.39 Å². The van der Waals surface area contributed by atoms with Crippen LogP contribution in [0.2, 0.25) is 0 Å². The largest absolute Gasteiger partial charge is 0.490 e. The number of ether oxygens (including phenoxy) is 2. The van der Waals surface area contributed by atoms with E-state index < -0.39 is 11.6 Å². The lowest BCUT2D eigenvalue weighted by atomic mass is 9.89. The third-order valence-electron chi connectivity index (χ3n) is 7.10. The highest BCUT2D eigenvalue weighted by atomic mass is 19.2. The first kappa shape index (κ1) is 27.0. The van der Waals surface area contributed by atoms with Gasteiger partial charge in [-0.1, -0.05) is 75.1 Å². The predicted molar refractivity (Wildman–Crippen MR) is 143 cm³/mol. The van der Waals surface area contributed by atoms with Crippen molar-refractivity contribution in [2.45, 2.75) is 63.9 Å². The SMILES string of the molecule is C=CC1CCC(c2ccc(-c3ccc(-c4ccc(OCCCCCCC)c(F)c4F)cc3)cc2F)CO1. The molecule has 4 rings (SSSR count). The highest BCUT2D eigenvalue weighted by Gasteiger charge is 2.23. The summed E-state index contributed by atoms with van der Waals surface area (Å²) in [5.41, 5.74) is 2.88. The first-order chi connectivity index (χ1) is 18.0. The number of benzene rings is 3. The van der Waals surface area contributed by atoms with Crippen LogP contribution >= 0.6 is 0 Å². The number of rotatable bonds is 11. The van der Waals surface area contributed by atoms with Crippen LogP contribution in [0, 0.1) is 17.5 Å². The van der Waals surface area contributed by atoms with Crippen molar-refractivity contribution in [1.82, 2.24) is 0 Å². The van der Waals surface area contributed by atoms with Crippen molar-refractivity contribution in [2.24, 2.45) is 0 Å². The molecule has 0 bridgehead atoms. The molecule has 3 aromatic carbocycles. The van der Waals surface area contributed by atoms with Gasteiger partial charge in [0.25, 0.3) is 0 Å². The smallest absolute Gasteiger partial charge is 0.201 e. The molecule has 196 valence electrons. The summed E-state index contributed by atoms with van der Waals surface area (Å²) in [5, 5.41) is 0. The monoisotopic (exact) mass is 508 g/mol. The van der Waals surface area contributed by atoms with Gasteiger partial charge in [0.15, 0.2) is 11.6 Å². The van der Waals surface area contributed by atoms with Crippen molar-refractivity contribution in [3.05, 3.63) is 90.3 Å². The zero-order valence-corrected chi connectivity index (χ0v) is 21.4. The first-order valence-electron chi connectivity index (χ1n) is 13.3. The second-order valence-electron chi connectivity index (χ2n) is 9.70. The first-order valence-corrected chi connectivity index (χ1v) is 13.3. The maximum Gasteiger partial charge on any atom is 0.201 e. The quantitative estimate of drug-likeness (QED) is 0.190. The van der Waals surface area contributed by atoms with Gasteiger partial charge in [-0.15, -0.1) is 6.58 Å². The molecule has 1 saturated heterocycles. The summed E-state index contributed by atoms with van der Waals surface area (Å²) in [6.45, 7) is 6.75. The van der Waals surface area contributed by atoms with E-state index in [2.05, 4.69) is 13.5 Å². The fourth-order valence-electron chi connectivity index (χ4n) is 4.84. The molecule has 0 N–H and O–H groups in total. The summed E-state index contributed by atoms with van der Waals surface area (Å²) >= 11 is 0. The Balaban J connectivity index is 1.42. The molecule has 1 aliphatic rings. The van der Waals surface area contributed by atoms with Gasteiger partial charge in [-0.05, 0) is 59.7 Å². The minimum atomic E-state index is -0.973. The van der Waals surface area contributed by atoms with Crippen LogP contribution in [0.4, 0.5) is 13.2 Å². The van der Waals surface area contributed by atoms with E-state index in [0.29, 0.717) is 24.3 Å². The number of hydrogen-bond donors (Lipinski definition) is 0. The van der Waals surface area contributed by atoms with Crippen molar-refractivity contribution in [3.8, 4) is 28.0 Å². The molecule has 2 nitrogen and oxygen atoms in total. The van der Waals surface area contributed by atoms with Crippen molar-refractivity contribution in [1.29, 1.82) is 0 Å². The van der Waals surface area contributed by atoms with E-state index in [9.17, 15) is 13.2 Å². The van der Waals surface area contributed by atoms with Crippen LogP contribution in [0.5, 0.6) is 5.75 Å². The lowest BCUT2D eigenvalue weighted by Crippen LogP contribution is -2.23. The molecule has 1 fully saturated rings. The maximum atomic E-state index is 15.0.